The fraction of sp³-hybridized carbons (Fsp3) is 0.238. The zero-order valence-electron chi connectivity index (χ0n) is 30.5. The van der Waals surface area contributed by atoms with E-state index in [9.17, 15) is 27.6 Å². The van der Waals surface area contributed by atoms with Crippen LogP contribution in [0.2, 0.25) is 0 Å². The lowest BCUT2D eigenvalue weighted by molar-refractivity contribution is -0.274. The molecule has 1 aliphatic rings. The van der Waals surface area contributed by atoms with E-state index < -0.39 is 47.3 Å². The van der Waals surface area contributed by atoms with Crippen LogP contribution in [0, 0.1) is 0 Å². The molecule has 0 bridgehead atoms. The zero-order valence-corrected chi connectivity index (χ0v) is 30.5. The number of pyridine rings is 1. The summed E-state index contributed by atoms with van der Waals surface area (Å²) < 4.78 is 57.1. The molecule has 284 valence electrons. The summed E-state index contributed by atoms with van der Waals surface area (Å²) in [5.41, 5.74) is 0.118. The topological polar surface area (TPSA) is 119 Å². The van der Waals surface area contributed by atoms with Gasteiger partial charge in [0.05, 0.1) is 7.11 Å². The summed E-state index contributed by atoms with van der Waals surface area (Å²) >= 11 is 0. The molecule has 1 aromatic heterocycles. The van der Waals surface area contributed by atoms with E-state index in [0.29, 0.717) is 5.39 Å². The van der Waals surface area contributed by atoms with Crippen molar-refractivity contribution in [3.8, 4) is 5.75 Å². The molecule has 1 fully saturated rings. The van der Waals surface area contributed by atoms with Crippen molar-refractivity contribution in [1.29, 1.82) is 0 Å². The number of nitrogens with one attached hydrogen (secondary N) is 2. The average molecular weight is 753 g/mol. The number of alkyl halides is 3. The van der Waals surface area contributed by atoms with Gasteiger partial charge in [0.2, 0.25) is 5.91 Å². The van der Waals surface area contributed by atoms with Gasteiger partial charge >= 0.3 is 18.4 Å². The van der Waals surface area contributed by atoms with E-state index in [0.717, 1.165) is 34.8 Å². The van der Waals surface area contributed by atoms with E-state index >= 15 is 0 Å². The van der Waals surface area contributed by atoms with Crippen molar-refractivity contribution >= 4 is 40.6 Å². The third-order valence-corrected chi connectivity index (χ3v) is 8.92. The monoisotopic (exact) mass is 752 g/mol. The van der Waals surface area contributed by atoms with Crippen LogP contribution in [0.5, 0.6) is 5.75 Å². The lowest BCUT2D eigenvalue weighted by atomic mass is 9.77. The van der Waals surface area contributed by atoms with Crippen molar-refractivity contribution in [2.75, 3.05) is 19.0 Å². The van der Waals surface area contributed by atoms with Crippen molar-refractivity contribution in [3.63, 3.8) is 0 Å². The van der Waals surface area contributed by atoms with Crippen LogP contribution >= 0.6 is 0 Å². The molecule has 55 heavy (non-hydrogen) atoms. The average Bonchev–Trinajstić information content (AvgIpc) is 3.50. The molecule has 1 saturated heterocycles. The third kappa shape index (κ3) is 8.56. The maximum absolute atomic E-state index is 14.1. The summed E-state index contributed by atoms with van der Waals surface area (Å²) in [6.07, 6.45) is -3.24. The SMILES string of the molecule is COC(=O)C(=Cc1cc2ccnc(NC(c3ccccc3)(c3ccccc3)c3ccccc3)c2cc1OC(F)(F)F)N1CCC(NC(=O)OC(C)(C)C)C1=O. The first kappa shape index (κ1) is 38.4. The highest BCUT2D eigenvalue weighted by molar-refractivity contribution is 6.02. The number of amides is 2. The quantitative estimate of drug-likeness (QED) is 0.0834. The molecule has 0 radical (unpaired) electrons. The van der Waals surface area contributed by atoms with Gasteiger partial charge in [0.15, 0.2) is 0 Å². The summed E-state index contributed by atoms with van der Waals surface area (Å²) in [7, 11) is 1.09. The number of nitrogens with zero attached hydrogens (tertiary/aromatic N) is 2. The Morgan fingerprint density at radius 3 is 1.93 bits per heavy atom. The molecule has 2 amide bonds. The van der Waals surface area contributed by atoms with Gasteiger partial charge in [0, 0.05) is 23.7 Å². The van der Waals surface area contributed by atoms with Crippen LogP contribution in [0.3, 0.4) is 0 Å². The third-order valence-electron chi connectivity index (χ3n) is 8.92. The van der Waals surface area contributed by atoms with Crippen LogP contribution in [-0.4, -0.2) is 59.5 Å². The minimum atomic E-state index is -5.13. The fourth-order valence-electron chi connectivity index (χ4n) is 6.60. The molecule has 0 saturated carbocycles. The Labute approximate surface area is 315 Å². The number of fused-ring (bicyclic) bond motifs is 1. The van der Waals surface area contributed by atoms with Gasteiger partial charge in [-0.15, -0.1) is 13.2 Å². The molecule has 0 spiro atoms. The maximum atomic E-state index is 14.1. The number of carbonyl (C=O) groups excluding carboxylic acids is 3. The van der Waals surface area contributed by atoms with Crippen LogP contribution < -0.4 is 15.4 Å². The normalized spacial score (nSPS) is 15.1. The second kappa shape index (κ2) is 15.5. The number of carbonyl (C=O) groups is 3. The maximum Gasteiger partial charge on any atom is 0.573 e. The van der Waals surface area contributed by atoms with Crippen LogP contribution in [0.25, 0.3) is 16.8 Å². The lowest BCUT2D eigenvalue weighted by Gasteiger charge is -2.37. The second-order valence-corrected chi connectivity index (χ2v) is 13.8. The minimum absolute atomic E-state index is 0.0399. The number of hydrogen-bond donors (Lipinski definition) is 2. The molecule has 2 heterocycles. The summed E-state index contributed by atoms with van der Waals surface area (Å²) in [5.74, 6) is -2.07. The number of alkyl carbamates (subject to hydrolysis) is 1. The highest BCUT2D eigenvalue weighted by atomic mass is 19.4. The Hall–Kier alpha value is -6.37. The molecule has 1 aliphatic heterocycles. The summed E-state index contributed by atoms with van der Waals surface area (Å²) in [5, 5.41) is 6.84. The zero-order chi connectivity index (χ0) is 39.4. The first-order chi connectivity index (χ1) is 26.2. The number of likely N-dealkylation sites (tertiary alicyclic amines) is 1. The molecule has 6 rings (SSSR count). The lowest BCUT2D eigenvalue weighted by Crippen LogP contribution is -2.44. The van der Waals surface area contributed by atoms with Gasteiger partial charge in [-0.25, -0.2) is 14.6 Å². The molecule has 10 nitrogen and oxygen atoms in total. The van der Waals surface area contributed by atoms with E-state index in [1.807, 2.05) is 91.0 Å². The smallest absolute Gasteiger partial charge is 0.464 e. The first-order valence-corrected chi connectivity index (χ1v) is 17.4. The number of rotatable bonds is 10. The molecule has 1 atom stereocenters. The van der Waals surface area contributed by atoms with Crippen molar-refractivity contribution in [2.45, 2.75) is 50.7 Å². The molecule has 1 unspecified atom stereocenters. The van der Waals surface area contributed by atoms with Crippen LogP contribution in [0.15, 0.2) is 121 Å². The number of anilines is 1. The number of ether oxygens (including phenoxy) is 3. The van der Waals surface area contributed by atoms with Gasteiger partial charge in [-0.2, -0.15) is 0 Å². The van der Waals surface area contributed by atoms with Crippen LogP contribution in [0.4, 0.5) is 23.8 Å². The van der Waals surface area contributed by atoms with E-state index in [4.69, 9.17) is 9.47 Å². The van der Waals surface area contributed by atoms with Crippen LogP contribution in [0.1, 0.15) is 49.4 Å². The fourth-order valence-corrected chi connectivity index (χ4v) is 6.60. The Morgan fingerprint density at radius 2 is 1.42 bits per heavy atom. The highest BCUT2D eigenvalue weighted by Gasteiger charge is 2.40. The molecule has 5 aromatic rings. The molecule has 2 N–H and O–H groups in total. The number of methoxy groups -OCH3 is 1. The molecule has 13 heteroatoms. The summed E-state index contributed by atoms with van der Waals surface area (Å²) in [6.45, 7) is 4.96. The largest absolute Gasteiger partial charge is 0.573 e. The summed E-state index contributed by atoms with van der Waals surface area (Å²) in [6, 6.07) is 32.0. The van der Waals surface area contributed by atoms with E-state index in [1.165, 1.54) is 18.3 Å². The number of hydrogen-bond acceptors (Lipinski definition) is 8. The van der Waals surface area contributed by atoms with Gasteiger partial charge in [0.1, 0.15) is 34.4 Å². The highest BCUT2D eigenvalue weighted by Crippen LogP contribution is 2.42. The second-order valence-electron chi connectivity index (χ2n) is 13.8. The van der Waals surface area contributed by atoms with Crippen molar-refractivity contribution in [2.24, 2.45) is 0 Å². The standard InChI is InChI=1S/C42H39F3N4O6/c1-40(2,3)55-39(52)47-33-21-23-49(37(33)50)34(38(51)53-4)25-28-24-27-20-22-46-36(32(27)26-35(28)54-42(43,44)45)48-41(29-14-8-5-9-15-29,30-16-10-6-11-17-30)31-18-12-7-13-19-31/h5-20,22,24-26,33H,21,23H2,1-4H3,(H,46,48)(H,47,52). The van der Waals surface area contributed by atoms with Gasteiger partial charge in [-0.1, -0.05) is 91.0 Å². The Bertz CT molecular complexity index is 2110. The van der Waals surface area contributed by atoms with E-state index in [2.05, 4.69) is 20.4 Å². The minimum Gasteiger partial charge on any atom is -0.464 e. The molecule has 0 aliphatic carbocycles. The number of halogens is 3. The number of aromatic nitrogens is 1. The number of esters is 1. The van der Waals surface area contributed by atoms with Gasteiger partial charge in [0.25, 0.3) is 0 Å². The Balaban J connectivity index is 1.48. The van der Waals surface area contributed by atoms with Gasteiger partial charge in [-0.05, 0) is 73.5 Å². The first-order valence-electron chi connectivity index (χ1n) is 17.4. The van der Waals surface area contributed by atoms with Gasteiger partial charge in [-0.3, -0.25) is 4.79 Å². The predicted molar refractivity (Wildman–Crippen MR) is 201 cm³/mol. The molecular formula is C42H39F3N4O6. The van der Waals surface area contributed by atoms with Crippen molar-refractivity contribution < 1.29 is 41.8 Å². The van der Waals surface area contributed by atoms with E-state index in [-0.39, 0.29) is 35.4 Å². The van der Waals surface area contributed by atoms with Gasteiger partial charge < -0.3 is 29.7 Å². The van der Waals surface area contributed by atoms with Crippen LogP contribution in [-0.2, 0) is 24.6 Å². The Kier molecular flexibility index (Phi) is 10.8. The molecular weight excluding hydrogens is 713 g/mol. The predicted octanol–water partition coefficient (Wildman–Crippen LogP) is 8.18. The number of benzene rings is 4. The van der Waals surface area contributed by atoms with Crippen molar-refractivity contribution in [1.82, 2.24) is 15.2 Å². The van der Waals surface area contributed by atoms with Crippen molar-refractivity contribution in [3.05, 3.63) is 143 Å². The van der Waals surface area contributed by atoms with E-state index in [1.54, 1.807) is 26.8 Å². The Morgan fingerprint density at radius 1 is 0.855 bits per heavy atom. The molecule has 4 aromatic carbocycles. The summed E-state index contributed by atoms with van der Waals surface area (Å²) in [4.78, 5) is 44.8.